The molecule has 0 saturated carbocycles. The fourth-order valence-electron chi connectivity index (χ4n) is 1.35. The Bertz CT molecular complexity index is 600. The van der Waals surface area contributed by atoms with Gasteiger partial charge in [0.2, 0.25) is 5.91 Å². The monoisotopic (exact) mass is 281 g/mol. The molecule has 0 aliphatic heterocycles. The predicted octanol–water partition coefficient (Wildman–Crippen LogP) is 2.44. The van der Waals surface area contributed by atoms with Crippen molar-refractivity contribution in [1.82, 2.24) is 4.98 Å². The number of hydrogen-bond donors (Lipinski definition) is 2. The zero-order chi connectivity index (χ0) is 13.8. The van der Waals surface area contributed by atoms with Crippen molar-refractivity contribution in [1.29, 1.82) is 0 Å². The summed E-state index contributed by atoms with van der Waals surface area (Å²) in [4.78, 5) is 15.7. The van der Waals surface area contributed by atoms with E-state index in [1.807, 2.05) is 0 Å². The van der Waals surface area contributed by atoms with Gasteiger partial charge in [-0.3, -0.25) is 4.79 Å². The molecule has 0 atom stereocenters. The van der Waals surface area contributed by atoms with Crippen LogP contribution in [0.25, 0.3) is 0 Å². The molecule has 19 heavy (non-hydrogen) atoms. The lowest BCUT2D eigenvalue weighted by molar-refractivity contribution is -0.113. The number of hydrogen-bond acceptors (Lipinski definition) is 5. The molecule has 7 heteroatoms. The van der Waals surface area contributed by atoms with Crippen molar-refractivity contribution in [3.63, 3.8) is 0 Å². The van der Waals surface area contributed by atoms with Gasteiger partial charge in [-0.15, -0.1) is 0 Å². The van der Waals surface area contributed by atoms with Crippen LogP contribution in [0.2, 0.25) is 0 Å². The fraction of sp³-hybridized carbons (Fsp3) is 0.167. The number of thioether (sulfide) groups is 1. The molecule has 100 valence electrons. The van der Waals surface area contributed by atoms with E-state index in [0.717, 1.165) is 17.5 Å². The van der Waals surface area contributed by atoms with Crippen molar-refractivity contribution in [3.8, 4) is 0 Å². The van der Waals surface area contributed by atoms with Crippen molar-refractivity contribution in [2.75, 3.05) is 16.8 Å². The van der Waals surface area contributed by atoms with E-state index in [2.05, 4.69) is 10.3 Å². The minimum atomic E-state index is -0.528. The first-order chi connectivity index (χ1) is 9.04. The zero-order valence-electron chi connectivity index (χ0n) is 10.1. The number of nitrogens with zero attached hydrogens (tertiary/aromatic N) is 1. The Kier molecular flexibility index (Phi) is 4.06. The van der Waals surface area contributed by atoms with Gasteiger partial charge in [0.15, 0.2) is 0 Å². The van der Waals surface area contributed by atoms with E-state index in [9.17, 15) is 9.18 Å². The average molecular weight is 281 g/mol. The van der Waals surface area contributed by atoms with Gasteiger partial charge in [-0.25, -0.2) is 9.37 Å². The van der Waals surface area contributed by atoms with Gasteiger partial charge in [-0.05, 0) is 25.1 Å². The number of amides is 1. The first kappa shape index (κ1) is 13.4. The third-order valence-electron chi connectivity index (χ3n) is 2.19. The Hall–Kier alpha value is -2.02. The maximum atomic E-state index is 13.4. The summed E-state index contributed by atoms with van der Waals surface area (Å²) in [6, 6.07) is 4.00. The first-order valence-electron chi connectivity index (χ1n) is 5.44. The van der Waals surface area contributed by atoms with Gasteiger partial charge in [-0.1, -0.05) is 11.8 Å². The molecule has 1 aromatic heterocycles. The van der Waals surface area contributed by atoms with Crippen LogP contribution in [0.1, 0.15) is 5.69 Å². The largest absolute Gasteiger partial charge is 0.440 e. The van der Waals surface area contributed by atoms with Gasteiger partial charge in [0.1, 0.15) is 12.1 Å². The van der Waals surface area contributed by atoms with Crippen molar-refractivity contribution in [2.45, 2.75) is 12.1 Å². The molecule has 0 radical (unpaired) electrons. The van der Waals surface area contributed by atoms with E-state index >= 15 is 0 Å². The number of halogens is 1. The SMILES string of the molecule is Cc1coc(SCC(=O)Nc2cc(N)ccc2F)n1. The Morgan fingerprint density at radius 3 is 3.05 bits per heavy atom. The van der Waals surface area contributed by atoms with Crippen molar-refractivity contribution >= 4 is 29.0 Å². The zero-order valence-corrected chi connectivity index (χ0v) is 11.0. The van der Waals surface area contributed by atoms with Gasteiger partial charge in [-0.2, -0.15) is 0 Å². The molecule has 1 heterocycles. The van der Waals surface area contributed by atoms with E-state index in [4.69, 9.17) is 10.2 Å². The van der Waals surface area contributed by atoms with Crippen LogP contribution in [-0.2, 0) is 4.79 Å². The molecule has 1 aromatic carbocycles. The van der Waals surface area contributed by atoms with Crippen LogP contribution in [0.5, 0.6) is 0 Å². The quantitative estimate of drug-likeness (QED) is 0.664. The number of nitrogens with one attached hydrogen (secondary N) is 1. The minimum absolute atomic E-state index is 0.0641. The molecular weight excluding hydrogens is 269 g/mol. The smallest absolute Gasteiger partial charge is 0.256 e. The second-order valence-corrected chi connectivity index (χ2v) is 4.76. The molecule has 2 aromatic rings. The summed E-state index contributed by atoms with van der Waals surface area (Å²) in [5.41, 5.74) is 6.71. The molecule has 0 bridgehead atoms. The van der Waals surface area contributed by atoms with E-state index in [-0.39, 0.29) is 17.3 Å². The number of rotatable bonds is 4. The maximum absolute atomic E-state index is 13.4. The summed E-state index contributed by atoms with van der Waals surface area (Å²) < 4.78 is 18.5. The molecule has 3 N–H and O–H groups in total. The Labute approximate surface area is 113 Å². The lowest BCUT2D eigenvalue weighted by atomic mass is 10.2. The van der Waals surface area contributed by atoms with Crippen LogP contribution in [0.3, 0.4) is 0 Å². The number of anilines is 2. The summed E-state index contributed by atoms with van der Waals surface area (Å²) in [6.07, 6.45) is 1.50. The average Bonchev–Trinajstić information content (AvgIpc) is 2.77. The number of oxazole rings is 1. The molecule has 1 amide bonds. The van der Waals surface area contributed by atoms with Gasteiger partial charge in [0.25, 0.3) is 5.22 Å². The second kappa shape index (κ2) is 5.75. The fourth-order valence-corrected chi connectivity index (χ4v) is 2.00. The number of aryl methyl sites for hydroxylation is 1. The standard InChI is InChI=1S/C12H12FN3O2S/c1-7-5-18-12(15-7)19-6-11(17)16-10-4-8(14)2-3-9(10)13/h2-5H,6,14H2,1H3,(H,16,17). The number of nitrogen functional groups attached to an aromatic ring is 1. The molecule has 0 unspecified atom stereocenters. The Morgan fingerprint density at radius 2 is 2.37 bits per heavy atom. The molecule has 2 rings (SSSR count). The molecule has 0 aliphatic carbocycles. The number of nitrogens with two attached hydrogens (primary N) is 1. The molecule has 5 nitrogen and oxygen atoms in total. The molecule has 0 saturated heterocycles. The number of benzene rings is 1. The Balaban J connectivity index is 1.92. The van der Waals surface area contributed by atoms with Crippen LogP contribution >= 0.6 is 11.8 Å². The number of carbonyl (C=O) groups is 1. The normalized spacial score (nSPS) is 10.4. The van der Waals surface area contributed by atoms with Crippen LogP contribution in [-0.4, -0.2) is 16.6 Å². The first-order valence-corrected chi connectivity index (χ1v) is 6.43. The van der Waals surface area contributed by atoms with E-state index in [1.54, 1.807) is 6.92 Å². The highest BCUT2D eigenvalue weighted by molar-refractivity contribution is 7.99. The minimum Gasteiger partial charge on any atom is -0.440 e. The highest BCUT2D eigenvalue weighted by Gasteiger charge is 2.10. The van der Waals surface area contributed by atoms with Gasteiger partial charge < -0.3 is 15.5 Å². The highest BCUT2D eigenvalue weighted by atomic mass is 32.2. The summed E-state index contributed by atoms with van der Waals surface area (Å²) in [5.74, 6) is -0.807. The topological polar surface area (TPSA) is 81.2 Å². The van der Waals surface area contributed by atoms with E-state index in [1.165, 1.54) is 24.5 Å². The van der Waals surface area contributed by atoms with Gasteiger partial charge in [0, 0.05) is 5.69 Å². The lowest BCUT2D eigenvalue weighted by Crippen LogP contribution is -2.15. The molecule has 0 fully saturated rings. The third-order valence-corrected chi connectivity index (χ3v) is 3.03. The van der Waals surface area contributed by atoms with Gasteiger partial charge >= 0.3 is 0 Å². The number of aromatic nitrogens is 1. The highest BCUT2D eigenvalue weighted by Crippen LogP contribution is 2.20. The second-order valence-electron chi connectivity index (χ2n) is 3.83. The lowest BCUT2D eigenvalue weighted by Gasteiger charge is -2.06. The Morgan fingerprint density at radius 1 is 1.58 bits per heavy atom. The molecule has 0 spiro atoms. The molecule has 0 aliphatic rings. The maximum Gasteiger partial charge on any atom is 0.256 e. The van der Waals surface area contributed by atoms with Crippen LogP contribution in [0.15, 0.2) is 34.1 Å². The molecular formula is C12H12FN3O2S. The van der Waals surface area contributed by atoms with E-state index < -0.39 is 5.82 Å². The van der Waals surface area contributed by atoms with E-state index in [0.29, 0.717) is 10.9 Å². The third kappa shape index (κ3) is 3.72. The van der Waals surface area contributed by atoms with Crippen LogP contribution < -0.4 is 11.1 Å². The van der Waals surface area contributed by atoms with Crippen molar-refractivity contribution in [3.05, 3.63) is 36.0 Å². The summed E-state index contributed by atoms with van der Waals surface area (Å²) in [5, 5.41) is 2.85. The van der Waals surface area contributed by atoms with Crippen molar-refractivity contribution in [2.24, 2.45) is 0 Å². The van der Waals surface area contributed by atoms with Gasteiger partial charge in [0.05, 0.1) is 17.1 Å². The summed E-state index contributed by atoms with van der Waals surface area (Å²) in [6.45, 7) is 1.79. The predicted molar refractivity (Wildman–Crippen MR) is 71.4 cm³/mol. The van der Waals surface area contributed by atoms with Crippen LogP contribution in [0, 0.1) is 12.7 Å². The van der Waals surface area contributed by atoms with Crippen molar-refractivity contribution < 1.29 is 13.6 Å². The number of carbonyl (C=O) groups excluding carboxylic acids is 1. The van der Waals surface area contributed by atoms with Crippen LogP contribution in [0.4, 0.5) is 15.8 Å². The summed E-state index contributed by atoms with van der Waals surface area (Å²) >= 11 is 1.14. The summed E-state index contributed by atoms with van der Waals surface area (Å²) in [7, 11) is 0.